The Morgan fingerprint density at radius 3 is 2.57 bits per heavy atom. The van der Waals surface area contributed by atoms with Gasteiger partial charge in [-0.15, -0.1) is 0 Å². The van der Waals surface area contributed by atoms with E-state index in [-0.39, 0.29) is 18.0 Å². The van der Waals surface area contributed by atoms with E-state index in [4.69, 9.17) is 23.2 Å². The highest BCUT2D eigenvalue weighted by molar-refractivity contribution is 6.42. The minimum atomic E-state index is -0.343. The normalized spacial score (nSPS) is 10.5. The summed E-state index contributed by atoms with van der Waals surface area (Å²) in [6, 6.07) is 6.16. The fourth-order valence-electron chi connectivity index (χ4n) is 1.87. The number of nitrogens with one attached hydrogen (secondary N) is 1. The topological polar surface area (TPSA) is 64.0 Å². The molecule has 0 unspecified atom stereocenters. The first-order valence-corrected chi connectivity index (χ1v) is 6.92. The monoisotopic (exact) mass is 325 g/mol. The zero-order valence-corrected chi connectivity index (χ0v) is 13.0. The van der Waals surface area contributed by atoms with Crippen molar-refractivity contribution >= 4 is 34.8 Å². The van der Waals surface area contributed by atoms with E-state index in [1.807, 2.05) is 0 Å². The number of aryl methyl sites for hydroxylation is 2. The second-order valence-electron chi connectivity index (χ2n) is 4.55. The molecule has 0 spiro atoms. The molecule has 0 fully saturated rings. The van der Waals surface area contributed by atoms with Crippen LogP contribution in [0.3, 0.4) is 0 Å². The Morgan fingerprint density at radius 2 is 1.95 bits per heavy atom. The van der Waals surface area contributed by atoms with Crippen LogP contribution in [0, 0.1) is 13.8 Å². The van der Waals surface area contributed by atoms with Crippen LogP contribution in [0.2, 0.25) is 10.0 Å². The summed E-state index contributed by atoms with van der Waals surface area (Å²) in [7, 11) is 0. The summed E-state index contributed by atoms with van der Waals surface area (Å²) in [5.41, 5.74) is 0.878. The van der Waals surface area contributed by atoms with Gasteiger partial charge in [-0.2, -0.15) is 0 Å². The number of amides is 1. The molecule has 7 heteroatoms. The molecule has 0 atom stereocenters. The highest BCUT2D eigenvalue weighted by Crippen LogP contribution is 2.24. The van der Waals surface area contributed by atoms with Crippen molar-refractivity contribution in [2.45, 2.75) is 20.4 Å². The lowest BCUT2D eigenvalue weighted by Gasteiger charge is -2.10. The van der Waals surface area contributed by atoms with Gasteiger partial charge in [0.25, 0.3) is 5.56 Å². The molecule has 0 radical (unpaired) electrons. The van der Waals surface area contributed by atoms with E-state index in [0.717, 1.165) is 0 Å². The van der Waals surface area contributed by atoms with Crippen molar-refractivity contribution in [3.05, 3.63) is 56.2 Å². The van der Waals surface area contributed by atoms with Gasteiger partial charge >= 0.3 is 0 Å². The zero-order chi connectivity index (χ0) is 15.6. The fraction of sp³-hybridized carbons (Fsp3) is 0.214. The molecule has 2 aromatic rings. The largest absolute Gasteiger partial charge is 0.324 e. The predicted molar refractivity (Wildman–Crippen MR) is 83.1 cm³/mol. The maximum absolute atomic E-state index is 12.0. The summed E-state index contributed by atoms with van der Waals surface area (Å²) in [6.07, 6.45) is 0. The molecule has 0 aliphatic rings. The Bertz CT molecular complexity index is 756. The summed E-state index contributed by atoms with van der Waals surface area (Å²) in [5, 5.41) is 3.41. The molecule has 110 valence electrons. The van der Waals surface area contributed by atoms with E-state index in [0.29, 0.717) is 27.3 Å². The summed E-state index contributed by atoms with van der Waals surface area (Å²) in [5.74, 6) is 0.147. The standard InChI is InChI=1S/C14H13Cl2N3O2/c1-8-5-14(21)19(9(2)17-8)7-13(20)18-10-3-4-11(15)12(16)6-10/h3-6H,7H2,1-2H3,(H,18,20). The van der Waals surface area contributed by atoms with Crippen molar-refractivity contribution in [3.63, 3.8) is 0 Å². The summed E-state index contributed by atoms with van der Waals surface area (Å²) in [4.78, 5) is 28.0. The molecule has 0 bridgehead atoms. The van der Waals surface area contributed by atoms with Gasteiger partial charge in [-0.25, -0.2) is 4.98 Å². The lowest BCUT2D eigenvalue weighted by atomic mass is 10.3. The smallest absolute Gasteiger partial charge is 0.254 e. The molecule has 0 aliphatic carbocycles. The number of halogens is 2. The van der Waals surface area contributed by atoms with Gasteiger partial charge in [0.05, 0.1) is 10.0 Å². The van der Waals surface area contributed by atoms with Crippen molar-refractivity contribution in [1.82, 2.24) is 9.55 Å². The fourth-order valence-corrected chi connectivity index (χ4v) is 2.17. The number of carbonyl (C=O) groups excluding carboxylic acids is 1. The highest BCUT2D eigenvalue weighted by atomic mass is 35.5. The number of hydrogen-bond acceptors (Lipinski definition) is 3. The quantitative estimate of drug-likeness (QED) is 0.943. The van der Waals surface area contributed by atoms with Gasteiger partial charge in [0, 0.05) is 17.4 Å². The number of anilines is 1. The molecule has 5 nitrogen and oxygen atoms in total. The number of rotatable bonds is 3. The molecule has 1 heterocycles. The van der Waals surface area contributed by atoms with E-state index in [9.17, 15) is 9.59 Å². The number of aromatic nitrogens is 2. The Hall–Kier alpha value is -1.85. The number of hydrogen-bond donors (Lipinski definition) is 1. The van der Waals surface area contributed by atoms with Gasteiger partial charge in [-0.3, -0.25) is 14.2 Å². The van der Waals surface area contributed by atoms with Gasteiger partial charge in [-0.05, 0) is 32.0 Å². The SMILES string of the molecule is Cc1cc(=O)n(CC(=O)Nc2ccc(Cl)c(Cl)c2)c(C)n1. The van der Waals surface area contributed by atoms with Crippen molar-refractivity contribution in [2.75, 3.05) is 5.32 Å². The molecule has 0 aliphatic heterocycles. The van der Waals surface area contributed by atoms with E-state index in [1.54, 1.807) is 32.0 Å². The third-order valence-corrected chi connectivity index (χ3v) is 3.57. The Balaban J connectivity index is 2.15. The van der Waals surface area contributed by atoms with E-state index >= 15 is 0 Å². The number of benzene rings is 1. The van der Waals surface area contributed by atoms with Crippen molar-refractivity contribution in [1.29, 1.82) is 0 Å². The molecule has 21 heavy (non-hydrogen) atoms. The molecule has 1 aromatic carbocycles. The highest BCUT2D eigenvalue weighted by Gasteiger charge is 2.09. The first-order chi connectivity index (χ1) is 9.86. The van der Waals surface area contributed by atoms with Gasteiger partial charge < -0.3 is 5.32 Å². The first-order valence-electron chi connectivity index (χ1n) is 6.17. The second-order valence-corrected chi connectivity index (χ2v) is 5.36. The van der Waals surface area contributed by atoms with Crippen LogP contribution in [0.15, 0.2) is 29.1 Å². The third-order valence-electron chi connectivity index (χ3n) is 2.83. The third kappa shape index (κ3) is 3.83. The zero-order valence-electron chi connectivity index (χ0n) is 11.5. The minimum absolute atomic E-state index is 0.113. The number of nitrogens with zero attached hydrogens (tertiary/aromatic N) is 2. The average molecular weight is 326 g/mol. The second kappa shape index (κ2) is 6.28. The summed E-state index contributed by atoms with van der Waals surface area (Å²) >= 11 is 11.7. The van der Waals surface area contributed by atoms with E-state index < -0.39 is 0 Å². The van der Waals surface area contributed by atoms with Crippen molar-refractivity contribution in [3.8, 4) is 0 Å². The Kier molecular flexibility index (Phi) is 4.65. The summed E-state index contributed by atoms with van der Waals surface area (Å²) in [6.45, 7) is 3.30. The van der Waals surface area contributed by atoms with E-state index in [1.165, 1.54) is 10.6 Å². The Labute approximate surface area is 131 Å². The average Bonchev–Trinajstić information content (AvgIpc) is 2.38. The van der Waals surface area contributed by atoms with Crippen LogP contribution in [0.5, 0.6) is 0 Å². The van der Waals surface area contributed by atoms with Crippen LogP contribution in [0.25, 0.3) is 0 Å². The molecular weight excluding hydrogens is 313 g/mol. The molecule has 1 amide bonds. The molecular formula is C14H13Cl2N3O2. The van der Waals surface area contributed by atoms with Crippen molar-refractivity contribution in [2.24, 2.45) is 0 Å². The van der Waals surface area contributed by atoms with Gasteiger partial charge in [-0.1, -0.05) is 23.2 Å². The number of carbonyl (C=O) groups is 1. The predicted octanol–water partition coefficient (Wildman–Crippen LogP) is 2.81. The lowest BCUT2D eigenvalue weighted by Crippen LogP contribution is -2.30. The molecule has 0 saturated heterocycles. The van der Waals surface area contributed by atoms with Crippen molar-refractivity contribution < 1.29 is 4.79 Å². The molecule has 2 rings (SSSR count). The van der Waals surface area contributed by atoms with Gasteiger partial charge in [0.15, 0.2) is 0 Å². The van der Waals surface area contributed by atoms with Gasteiger partial charge in [0.2, 0.25) is 5.91 Å². The maximum Gasteiger partial charge on any atom is 0.254 e. The summed E-state index contributed by atoms with van der Waals surface area (Å²) < 4.78 is 1.31. The van der Waals surface area contributed by atoms with Crippen LogP contribution in [0.4, 0.5) is 5.69 Å². The lowest BCUT2D eigenvalue weighted by molar-refractivity contribution is -0.116. The molecule has 1 N–H and O–H groups in total. The molecule has 1 aromatic heterocycles. The maximum atomic E-state index is 12.0. The van der Waals surface area contributed by atoms with Gasteiger partial charge in [0.1, 0.15) is 12.4 Å². The minimum Gasteiger partial charge on any atom is -0.324 e. The first kappa shape index (κ1) is 15.5. The van der Waals surface area contributed by atoms with Crippen LogP contribution in [-0.2, 0) is 11.3 Å². The molecule has 0 saturated carbocycles. The van der Waals surface area contributed by atoms with Crippen LogP contribution < -0.4 is 10.9 Å². The van der Waals surface area contributed by atoms with Crippen LogP contribution in [-0.4, -0.2) is 15.5 Å². The van der Waals surface area contributed by atoms with Crippen LogP contribution in [0.1, 0.15) is 11.5 Å². The van der Waals surface area contributed by atoms with Crippen LogP contribution >= 0.6 is 23.2 Å². The van der Waals surface area contributed by atoms with E-state index in [2.05, 4.69) is 10.3 Å². The Morgan fingerprint density at radius 1 is 1.24 bits per heavy atom.